The SMILES string of the molecule is CNc1cc2nc3c(cnn13)C(=O)NCCCn1ccc(n1)N2. The van der Waals surface area contributed by atoms with Crippen molar-refractivity contribution in [3.8, 4) is 0 Å². The number of amides is 1. The van der Waals surface area contributed by atoms with E-state index in [2.05, 4.69) is 31.1 Å². The molecule has 3 aromatic heterocycles. The Morgan fingerprint density at radius 2 is 2.26 bits per heavy atom. The molecule has 1 amide bonds. The van der Waals surface area contributed by atoms with Crippen molar-refractivity contribution in [1.29, 1.82) is 0 Å². The zero-order valence-electron chi connectivity index (χ0n) is 12.6. The lowest BCUT2D eigenvalue weighted by Gasteiger charge is -2.08. The van der Waals surface area contributed by atoms with Gasteiger partial charge in [-0.15, -0.1) is 0 Å². The van der Waals surface area contributed by atoms with Gasteiger partial charge < -0.3 is 16.0 Å². The number of aryl methyl sites for hydroxylation is 1. The Kier molecular flexibility index (Phi) is 3.11. The van der Waals surface area contributed by atoms with E-state index in [1.807, 2.05) is 23.0 Å². The van der Waals surface area contributed by atoms with Gasteiger partial charge in [0.25, 0.3) is 5.91 Å². The van der Waals surface area contributed by atoms with Crippen LogP contribution in [0, 0.1) is 0 Å². The fourth-order valence-corrected chi connectivity index (χ4v) is 2.59. The number of carbonyl (C=O) groups excluding carboxylic acids is 1. The highest BCUT2D eigenvalue weighted by molar-refractivity contribution is 6.00. The first-order valence-corrected chi connectivity index (χ1v) is 7.40. The summed E-state index contributed by atoms with van der Waals surface area (Å²) < 4.78 is 3.45. The second-order valence-corrected chi connectivity index (χ2v) is 5.27. The molecule has 0 spiro atoms. The van der Waals surface area contributed by atoms with Crippen LogP contribution in [0.4, 0.5) is 17.5 Å². The smallest absolute Gasteiger partial charge is 0.256 e. The topological polar surface area (TPSA) is 101 Å². The van der Waals surface area contributed by atoms with E-state index in [-0.39, 0.29) is 5.91 Å². The highest BCUT2D eigenvalue weighted by atomic mass is 16.1. The fourth-order valence-electron chi connectivity index (χ4n) is 2.59. The van der Waals surface area contributed by atoms with Gasteiger partial charge >= 0.3 is 0 Å². The lowest BCUT2D eigenvalue weighted by atomic mass is 10.3. The summed E-state index contributed by atoms with van der Waals surface area (Å²) in [7, 11) is 1.79. The van der Waals surface area contributed by atoms with E-state index in [4.69, 9.17) is 0 Å². The summed E-state index contributed by atoms with van der Waals surface area (Å²) in [5.41, 5.74) is 0.947. The largest absolute Gasteiger partial charge is 0.373 e. The van der Waals surface area contributed by atoms with Gasteiger partial charge in [-0.3, -0.25) is 9.48 Å². The van der Waals surface area contributed by atoms with Crippen LogP contribution in [0.15, 0.2) is 24.5 Å². The van der Waals surface area contributed by atoms with Gasteiger partial charge in [-0.2, -0.15) is 14.7 Å². The third-order valence-electron chi connectivity index (χ3n) is 3.72. The van der Waals surface area contributed by atoms with E-state index in [1.165, 1.54) is 6.20 Å². The van der Waals surface area contributed by atoms with Gasteiger partial charge in [0.05, 0.1) is 6.20 Å². The highest BCUT2D eigenvalue weighted by Crippen LogP contribution is 2.21. The summed E-state index contributed by atoms with van der Waals surface area (Å²) in [6.45, 7) is 1.30. The van der Waals surface area contributed by atoms with Crippen LogP contribution in [-0.4, -0.2) is 43.9 Å². The Bertz CT molecular complexity index is 880. The van der Waals surface area contributed by atoms with Crippen LogP contribution in [0.5, 0.6) is 0 Å². The van der Waals surface area contributed by atoms with Gasteiger partial charge in [0, 0.05) is 38.5 Å². The zero-order chi connectivity index (χ0) is 15.8. The number of nitrogens with one attached hydrogen (secondary N) is 3. The molecule has 9 nitrogen and oxygen atoms in total. The molecule has 0 atom stereocenters. The first-order chi connectivity index (χ1) is 11.2. The van der Waals surface area contributed by atoms with Crippen LogP contribution in [0.2, 0.25) is 0 Å². The van der Waals surface area contributed by atoms with E-state index in [9.17, 15) is 4.79 Å². The Labute approximate surface area is 131 Å². The molecular weight excluding hydrogens is 296 g/mol. The minimum Gasteiger partial charge on any atom is -0.373 e. The molecular formula is C14H16N8O. The Hall–Kier alpha value is -3.10. The number of fused-ring (bicyclic) bond motifs is 3. The molecule has 0 unspecified atom stereocenters. The normalized spacial score (nSPS) is 14.6. The van der Waals surface area contributed by atoms with Gasteiger partial charge in [0.15, 0.2) is 11.5 Å². The third kappa shape index (κ3) is 2.35. The molecule has 3 N–H and O–H groups in total. The van der Waals surface area contributed by atoms with E-state index >= 15 is 0 Å². The maximum absolute atomic E-state index is 12.4. The van der Waals surface area contributed by atoms with Gasteiger partial charge in [0.2, 0.25) is 0 Å². The number of nitrogens with zero attached hydrogens (tertiary/aromatic N) is 5. The van der Waals surface area contributed by atoms with E-state index < -0.39 is 0 Å². The van der Waals surface area contributed by atoms with Crippen LogP contribution >= 0.6 is 0 Å². The summed E-state index contributed by atoms with van der Waals surface area (Å²) in [6, 6.07) is 3.72. The van der Waals surface area contributed by atoms with Crippen molar-refractivity contribution in [2.24, 2.45) is 0 Å². The summed E-state index contributed by atoms with van der Waals surface area (Å²) in [6.07, 6.45) is 4.23. The van der Waals surface area contributed by atoms with Gasteiger partial charge in [-0.05, 0) is 6.42 Å². The molecule has 0 radical (unpaired) electrons. The quantitative estimate of drug-likeness (QED) is 0.616. The van der Waals surface area contributed by atoms with Crippen molar-refractivity contribution in [1.82, 2.24) is 29.7 Å². The molecule has 4 rings (SSSR count). The second kappa shape index (κ2) is 5.27. The van der Waals surface area contributed by atoms with Crippen LogP contribution < -0.4 is 16.0 Å². The maximum Gasteiger partial charge on any atom is 0.256 e. The summed E-state index contributed by atoms with van der Waals surface area (Å²) in [4.78, 5) is 16.9. The summed E-state index contributed by atoms with van der Waals surface area (Å²) in [5, 5.41) is 17.8. The van der Waals surface area contributed by atoms with Crippen molar-refractivity contribution in [3.05, 3.63) is 30.1 Å². The van der Waals surface area contributed by atoms with Crippen LogP contribution in [-0.2, 0) is 6.54 Å². The van der Waals surface area contributed by atoms with Crippen LogP contribution in [0.1, 0.15) is 16.8 Å². The second-order valence-electron chi connectivity index (χ2n) is 5.27. The lowest BCUT2D eigenvalue weighted by molar-refractivity contribution is 0.0954. The molecule has 0 aromatic carbocycles. The average molecular weight is 312 g/mol. The molecule has 0 aliphatic carbocycles. The summed E-state index contributed by atoms with van der Waals surface area (Å²) >= 11 is 0. The number of hydrogen-bond acceptors (Lipinski definition) is 6. The summed E-state index contributed by atoms with van der Waals surface area (Å²) in [5.74, 6) is 1.86. The van der Waals surface area contributed by atoms with Gasteiger partial charge in [-0.25, -0.2) is 4.98 Å². The maximum atomic E-state index is 12.4. The first-order valence-electron chi connectivity index (χ1n) is 7.40. The third-order valence-corrected chi connectivity index (χ3v) is 3.72. The number of rotatable bonds is 1. The van der Waals surface area contributed by atoms with Gasteiger partial charge in [0.1, 0.15) is 17.2 Å². The van der Waals surface area contributed by atoms with Crippen molar-refractivity contribution >= 4 is 29.0 Å². The Morgan fingerprint density at radius 1 is 1.35 bits per heavy atom. The molecule has 118 valence electrons. The van der Waals surface area contributed by atoms with Crippen molar-refractivity contribution in [3.63, 3.8) is 0 Å². The van der Waals surface area contributed by atoms with Crippen LogP contribution in [0.3, 0.4) is 0 Å². The number of aromatic nitrogens is 5. The number of hydrogen-bond donors (Lipinski definition) is 3. The Balaban J connectivity index is 1.88. The molecule has 3 aromatic rings. The number of anilines is 3. The predicted octanol–water partition coefficient (Wildman–Crippen LogP) is 0.845. The number of carbonyl (C=O) groups is 1. The predicted molar refractivity (Wildman–Crippen MR) is 85.0 cm³/mol. The molecule has 9 heteroatoms. The zero-order valence-corrected chi connectivity index (χ0v) is 12.6. The molecule has 0 fully saturated rings. The van der Waals surface area contributed by atoms with E-state index in [0.717, 1.165) is 18.8 Å². The molecule has 1 aliphatic rings. The molecule has 4 heterocycles. The van der Waals surface area contributed by atoms with Crippen molar-refractivity contribution in [2.75, 3.05) is 24.2 Å². The van der Waals surface area contributed by atoms with E-state index in [0.29, 0.717) is 29.4 Å². The molecule has 23 heavy (non-hydrogen) atoms. The molecule has 1 aliphatic heterocycles. The molecule has 4 bridgehead atoms. The average Bonchev–Trinajstić information content (AvgIpc) is 3.17. The van der Waals surface area contributed by atoms with Crippen LogP contribution in [0.25, 0.3) is 5.65 Å². The minimum absolute atomic E-state index is 0.175. The lowest BCUT2D eigenvalue weighted by Crippen LogP contribution is -2.25. The fraction of sp³-hybridized carbons (Fsp3) is 0.286. The standard InChI is InChI=1S/C14H16N8O/c1-15-12-7-11-18-10-3-6-21(20-10)5-2-4-16-14(23)9-8-17-22(12)13(9)19-11/h3,6-8,15H,2,4-5H2,1H3,(H,16,23)(H,18,19,20). The Morgan fingerprint density at radius 3 is 3.13 bits per heavy atom. The van der Waals surface area contributed by atoms with Crippen molar-refractivity contribution < 1.29 is 4.79 Å². The minimum atomic E-state index is -0.175. The highest BCUT2D eigenvalue weighted by Gasteiger charge is 2.17. The van der Waals surface area contributed by atoms with Gasteiger partial charge in [-0.1, -0.05) is 0 Å². The molecule has 0 saturated heterocycles. The van der Waals surface area contributed by atoms with Crippen molar-refractivity contribution in [2.45, 2.75) is 13.0 Å². The monoisotopic (exact) mass is 312 g/mol. The first kappa shape index (κ1) is 13.6. The van der Waals surface area contributed by atoms with E-state index in [1.54, 1.807) is 11.6 Å². The molecule has 0 saturated carbocycles.